The van der Waals surface area contributed by atoms with Gasteiger partial charge in [-0.05, 0) is 48.9 Å². The summed E-state index contributed by atoms with van der Waals surface area (Å²) in [6.07, 6.45) is 6.85. The molecule has 0 aliphatic heterocycles. The summed E-state index contributed by atoms with van der Waals surface area (Å²) in [6, 6.07) is 11.6. The van der Waals surface area contributed by atoms with Crippen LogP contribution in [0.2, 0.25) is 0 Å². The van der Waals surface area contributed by atoms with E-state index in [0.29, 0.717) is 12.0 Å². The lowest BCUT2D eigenvalue weighted by atomic mass is 9.77. The fraction of sp³-hybridized carbons (Fsp3) is 0.500. The Kier molecular flexibility index (Phi) is 4.39. The van der Waals surface area contributed by atoms with E-state index in [-0.39, 0.29) is 0 Å². The highest BCUT2D eigenvalue weighted by Crippen LogP contribution is 2.34. The molecule has 0 bridgehead atoms. The van der Waals surface area contributed by atoms with E-state index in [1.165, 1.54) is 30.5 Å². The third-order valence-corrected chi connectivity index (χ3v) is 4.57. The van der Waals surface area contributed by atoms with E-state index in [1.807, 2.05) is 17.9 Å². The molecule has 0 saturated heterocycles. The van der Waals surface area contributed by atoms with Crippen LogP contribution in [0.15, 0.2) is 36.5 Å². The molecular formula is C18H25N3. The Balaban J connectivity index is 1.84. The molecule has 21 heavy (non-hydrogen) atoms. The predicted molar refractivity (Wildman–Crippen MR) is 86.5 cm³/mol. The van der Waals surface area contributed by atoms with Crippen LogP contribution in [0.1, 0.15) is 42.5 Å². The van der Waals surface area contributed by atoms with E-state index in [9.17, 15) is 0 Å². The zero-order valence-corrected chi connectivity index (χ0v) is 13.0. The number of hydrogen-bond donors (Lipinski definition) is 1. The Morgan fingerprint density at radius 2 is 2.19 bits per heavy atom. The van der Waals surface area contributed by atoms with Gasteiger partial charge in [-0.3, -0.25) is 4.68 Å². The lowest BCUT2D eigenvalue weighted by Crippen LogP contribution is -2.38. The number of nitrogens with zero attached hydrogens (tertiary/aromatic N) is 2. The van der Waals surface area contributed by atoms with Gasteiger partial charge in [0.05, 0.1) is 5.69 Å². The van der Waals surface area contributed by atoms with Gasteiger partial charge in [0, 0.05) is 25.7 Å². The lowest BCUT2D eigenvalue weighted by molar-refractivity contribution is 0.392. The molecule has 0 spiro atoms. The Bertz CT molecular complexity index is 588. The summed E-state index contributed by atoms with van der Waals surface area (Å²) in [5.74, 6) is 0.608. The summed E-state index contributed by atoms with van der Waals surface area (Å²) in [7, 11) is 1.99. The molecule has 1 N–H and O–H groups in total. The van der Waals surface area contributed by atoms with Crippen LogP contribution < -0.4 is 5.32 Å². The van der Waals surface area contributed by atoms with Crippen molar-refractivity contribution < 1.29 is 0 Å². The molecular weight excluding hydrogens is 258 g/mol. The van der Waals surface area contributed by atoms with Crippen LogP contribution in [-0.4, -0.2) is 22.4 Å². The van der Waals surface area contributed by atoms with Crippen molar-refractivity contribution in [2.75, 3.05) is 6.54 Å². The summed E-state index contributed by atoms with van der Waals surface area (Å²) < 4.78 is 1.90. The number of aromatic nitrogens is 2. The minimum Gasteiger partial charge on any atom is -0.313 e. The second-order valence-electron chi connectivity index (χ2n) is 6.05. The SMILES string of the molecule is CCNC(Cc1ccn(C)n1)C1CCCc2ccccc21. The first-order chi connectivity index (χ1) is 10.3. The first-order valence-corrected chi connectivity index (χ1v) is 8.07. The standard InChI is InChI=1S/C18H25N3/c1-3-19-18(13-15-11-12-21(2)20-15)17-10-6-8-14-7-4-5-9-16(14)17/h4-5,7,9,11-12,17-19H,3,6,8,10,13H2,1-2H3. The zero-order chi connectivity index (χ0) is 14.7. The normalized spacial score (nSPS) is 19.2. The number of likely N-dealkylation sites (N-methyl/N-ethyl adjacent to an activating group) is 1. The molecule has 0 fully saturated rings. The fourth-order valence-electron chi connectivity index (χ4n) is 3.63. The largest absolute Gasteiger partial charge is 0.313 e. The Hall–Kier alpha value is -1.61. The highest BCUT2D eigenvalue weighted by atomic mass is 15.2. The summed E-state index contributed by atoms with van der Waals surface area (Å²) in [5.41, 5.74) is 4.27. The number of rotatable bonds is 5. The van der Waals surface area contributed by atoms with Crippen LogP contribution in [0.4, 0.5) is 0 Å². The number of benzene rings is 1. The van der Waals surface area contributed by atoms with Crippen LogP contribution in [0.3, 0.4) is 0 Å². The number of fused-ring (bicyclic) bond motifs is 1. The average Bonchev–Trinajstić information content (AvgIpc) is 2.91. The fourth-order valence-corrected chi connectivity index (χ4v) is 3.63. The first kappa shape index (κ1) is 14.3. The molecule has 3 heteroatoms. The lowest BCUT2D eigenvalue weighted by Gasteiger charge is -2.32. The molecule has 2 unspecified atom stereocenters. The van der Waals surface area contributed by atoms with Crippen molar-refractivity contribution in [3.8, 4) is 0 Å². The zero-order valence-electron chi connectivity index (χ0n) is 13.0. The van der Waals surface area contributed by atoms with Gasteiger partial charge in [-0.2, -0.15) is 5.10 Å². The van der Waals surface area contributed by atoms with E-state index >= 15 is 0 Å². The molecule has 1 aromatic carbocycles. The minimum atomic E-state index is 0.478. The third-order valence-electron chi connectivity index (χ3n) is 4.57. The number of hydrogen-bond acceptors (Lipinski definition) is 2. The molecule has 1 heterocycles. The topological polar surface area (TPSA) is 29.9 Å². The molecule has 1 aromatic heterocycles. The maximum absolute atomic E-state index is 4.56. The van der Waals surface area contributed by atoms with Gasteiger partial charge in [-0.15, -0.1) is 0 Å². The van der Waals surface area contributed by atoms with Crippen LogP contribution >= 0.6 is 0 Å². The second kappa shape index (κ2) is 6.44. The van der Waals surface area contributed by atoms with Gasteiger partial charge in [0.25, 0.3) is 0 Å². The van der Waals surface area contributed by atoms with Gasteiger partial charge >= 0.3 is 0 Å². The number of nitrogens with one attached hydrogen (secondary N) is 1. The van der Waals surface area contributed by atoms with E-state index < -0.39 is 0 Å². The van der Waals surface area contributed by atoms with Gasteiger partial charge in [0.1, 0.15) is 0 Å². The minimum absolute atomic E-state index is 0.478. The van der Waals surface area contributed by atoms with Crippen molar-refractivity contribution in [1.82, 2.24) is 15.1 Å². The Labute approximate surface area is 127 Å². The summed E-state index contributed by atoms with van der Waals surface area (Å²) in [6.45, 7) is 3.20. The third kappa shape index (κ3) is 3.18. The average molecular weight is 283 g/mol. The molecule has 3 rings (SSSR count). The van der Waals surface area contributed by atoms with Gasteiger partial charge < -0.3 is 5.32 Å². The molecule has 3 nitrogen and oxygen atoms in total. The quantitative estimate of drug-likeness (QED) is 0.914. The van der Waals surface area contributed by atoms with Crippen molar-refractivity contribution in [3.63, 3.8) is 0 Å². The maximum atomic E-state index is 4.56. The van der Waals surface area contributed by atoms with E-state index in [2.05, 4.69) is 47.7 Å². The predicted octanol–water partition coefficient (Wildman–Crippen LogP) is 3.06. The second-order valence-corrected chi connectivity index (χ2v) is 6.05. The van der Waals surface area contributed by atoms with Crippen LogP contribution in [0.25, 0.3) is 0 Å². The van der Waals surface area contributed by atoms with Crippen molar-refractivity contribution >= 4 is 0 Å². The molecule has 112 valence electrons. The van der Waals surface area contributed by atoms with Crippen molar-refractivity contribution in [3.05, 3.63) is 53.3 Å². The van der Waals surface area contributed by atoms with Crippen molar-refractivity contribution in [2.45, 2.75) is 44.6 Å². The van der Waals surface area contributed by atoms with Gasteiger partial charge in [0.2, 0.25) is 0 Å². The van der Waals surface area contributed by atoms with Crippen LogP contribution in [-0.2, 0) is 19.9 Å². The molecule has 2 aromatic rings. The summed E-state index contributed by atoms with van der Waals surface area (Å²) >= 11 is 0. The molecule has 0 radical (unpaired) electrons. The van der Waals surface area contributed by atoms with Gasteiger partial charge in [-0.25, -0.2) is 0 Å². The molecule has 0 amide bonds. The van der Waals surface area contributed by atoms with Crippen molar-refractivity contribution in [1.29, 1.82) is 0 Å². The smallest absolute Gasteiger partial charge is 0.0640 e. The Morgan fingerprint density at radius 3 is 2.95 bits per heavy atom. The van der Waals surface area contributed by atoms with E-state index in [4.69, 9.17) is 0 Å². The Morgan fingerprint density at radius 1 is 1.33 bits per heavy atom. The van der Waals surface area contributed by atoms with E-state index in [1.54, 1.807) is 5.56 Å². The number of aryl methyl sites for hydroxylation is 2. The molecule has 2 atom stereocenters. The highest BCUT2D eigenvalue weighted by molar-refractivity contribution is 5.34. The van der Waals surface area contributed by atoms with Crippen LogP contribution in [0.5, 0.6) is 0 Å². The van der Waals surface area contributed by atoms with Gasteiger partial charge in [-0.1, -0.05) is 31.2 Å². The molecule has 1 aliphatic rings. The summed E-state index contributed by atoms with van der Waals surface area (Å²) in [5, 5.41) is 8.26. The van der Waals surface area contributed by atoms with Crippen LogP contribution in [0, 0.1) is 0 Å². The first-order valence-electron chi connectivity index (χ1n) is 8.07. The van der Waals surface area contributed by atoms with Gasteiger partial charge in [0.15, 0.2) is 0 Å². The maximum Gasteiger partial charge on any atom is 0.0640 e. The molecule has 0 saturated carbocycles. The summed E-state index contributed by atoms with van der Waals surface area (Å²) in [4.78, 5) is 0. The highest BCUT2D eigenvalue weighted by Gasteiger charge is 2.27. The van der Waals surface area contributed by atoms with Crippen molar-refractivity contribution in [2.24, 2.45) is 7.05 Å². The van der Waals surface area contributed by atoms with E-state index in [0.717, 1.165) is 13.0 Å². The molecule has 1 aliphatic carbocycles. The monoisotopic (exact) mass is 283 g/mol.